The number of amides is 2. The number of fused-ring (bicyclic) bond motifs is 1. The first-order chi connectivity index (χ1) is 19.1. The fourth-order valence-electron chi connectivity index (χ4n) is 5.88. The van der Waals surface area contributed by atoms with Crippen molar-refractivity contribution in [1.82, 2.24) is 20.5 Å². The van der Waals surface area contributed by atoms with Crippen molar-refractivity contribution in [3.05, 3.63) is 52.3 Å². The molecule has 1 aliphatic heterocycles. The van der Waals surface area contributed by atoms with E-state index in [0.717, 1.165) is 62.5 Å². The van der Waals surface area contributed by atoms with Crippen LogP contribution in [0.4, 0.5) is 5.69 Å². The Morgan fingerprint density at radius 3 is 2.45 bits per heavy atom. The molecule has 4 rings (SSSR count). The molecule has 1 aliphatic carbocycles. The molecule has 0 radical (unpaired) electrons. The summed E-state index contributed by atoms with van der Waals surface area (Å²) in [5.74, 6) is -0.497. The van der Waals surface area contributed by atoms with Gasteiger partial charge in [0.1, 0.15) is 11.7 Å². The number of unbranched alkanes of at least 4 members (excludes halogenated alkanes) is 1. The van der Waals surface area contributed by atoms with Crippen molar-refractivity contribution in [1.29, 1.82) is 0 Å². The van der Waals surface area contributed by atoms with Crippen LogP contribution in [-0.2, 0) is 17.8 Å². The van der Waals surface area contributed by atoms with Crippen LogP contribution in [0.3, 0.4) is 0 Å². The Bertz CT molecular complexity index is 1200. The van der Waals surface area contributed by atoms with E-state index in [9.17, 15) is 14.4 Å². The number of ketones is 1. The second-order valence-corrected chi connectivity index (χ2v) is 12.0. The first kappa shape index (κ1) is 29.8. The van der Waals surface area contributed by atoms with Gasteiger partial charge in [0.2, 0.25) is 5.91 Å². The average molecular weight is 552 g/mol. The number of anilines is 1. The zero-order valence-corrected chi connectivity index (χ0v) is 24.4. The van der Waals surface area contributed by atoms with Gasteiger partial charge in [-0.3, -0.25) is 19.3 Å². The highest BCUT2D eigenvalue weighted by atomic mass is 16.3. The second-order valence-electron chi connectivity index (χ2n) is 12.0. The normalized spacial score (nSPS) is 17.8. The number of H-pyrrole nitrogens is 1. The molecule has 2 aromatic rings. The molecule has 4 N–H and O–H groups in total. The molecule has 9 heteroatoms. The van der Waals surface area contributed by atoms with Gasteiger partial charge in [0, 0.05) is 62.6 Å². The van der Waals surface area contributed by atoms with Crippen molar-refractivity contribution in [3.63, 3.8) is 0 Å². The van der Waals surface area contributed by atoms with E-state index in [1.807, 2.05) is 12.1 Å². The first-order valence-corrected chi connectivity index (χ1v) is 14.6. The van der Waals surface area contributed by atoms with E-state index in [1.165, 1.54) is 0 Å². The number of hydrogen-bond acceptors (Lipinski definition) is 6. The number of benzene rings is 1. The number of carbonyl (C=O) groups excluding carboxylic acids is 3. The van der Waals surface area contributed by atoms with Gasteiger partial charge in [-0.25, -0.2) is 0 Å². The molecule has 40 heavy (non-hydrogen) atoms. The Morgan fingerprint density at radius 1 is 1.10 bits per heavy atom. The summed E-state index contributed by atoms with van der Waals surface area (Å²) in [5.41, 5.74) is 4.48. The fourth-order valence-corrected chi connectivity index (χ4v) is 5.88. The Hall–Kier alpha value is -3.17. The molecular weight excluding hydrogens is 506 g/mol. The van der Waals surface area contributed by atoms with E-state index in [1.54, 1.807) is 6.92 Å². The van der Waals surface area contributed by atoms with Crippen molar-refractivity contribution in [2.24, 2.45) is 5.41 Å². The summed E-state index contributed by atoms with van der Waals surface area (Å²) in [6.45, 7) is 13.0. The first-order valence-electron chi connectivity index (χ1n) is 14.6. The van der Waals surface area contributed by atoms with E-state index in [2.05, 4.69) is 58.3 Å². The van der Waals surface area contributed by atoms with E-state index in [4.69, 9.17) is 5.11 Å². The summed E-state index contributed by atoms with van der Waals surface area (Å²) >= 11 is 0. The molecule has 0 spiro atoms. The molecule has 9 nitrogen and oxygen atoms in total. The number of hydrogen-bond donors (Lipinski definition) is 4. The van der Waals surface area contributed by atoms with E-state index < -0.39 is 6.04 Å². The summed E-state index contributed by atoms with van der Waals surface area (Å²) in [4.78, 5) is 47.0. The molecule has 0 bridgehead atoms. The standard InChI is InChI=1S/C31H45N5O4/c1-5-6-7-24(34-30(40)28-21(2)27-25(33-28)18-31(3,4)19-26(27)38)29(39)32-20-22-8-10-23(11-9-22)36-14-12-35(13-15-36)16-17-37/h8-11,24,33,37H,5-7,12-20H2,1-4H3,(H,32,39)(H,34,40)/t24-/m0/s1. The van der Waals surface area contributed by atoms with Crippen LogP contribution in [0.25, 0.3) is 0 Å². The van der Waals surface area contributed by atoms with Gasteiger partial charge < -0.3 is 25.6 Å². The Balaban J connectivity index is 1.35. The third-order valence-corrected chi connectivity index (χ3v) is 8.15. The lowest BCUT2D eigenvalue weighted by Crippen LogP contribution is -2.47. The van der Waals surface area contributed by atoms with Crippen LogP contribution in [0.1, 0.15) is 84.1 Å². The van der Waals surface area contributed by atoms with Gasteiger partial charge in [-0.05, 0) is 48.4 Å². The van der Waals surface area contributed by atoms with Crippen LogP contribution in [0.2, 0.25) is 0 Å². The van der Waals surface area contributed by atoms with Crippen molar-refractivity contribution in [3.8, 4) is 0 Å². The molecule has 2 aliphatic rings. The van der Waals surface area contributed by atoms with Gasteiger partial charge in [0.05, 0.1) is 6.61 Å². The minimum atomic E-state index is -0.659. The van der Waals surface area contributed by atoms with E-state index in [-0.39, 0.29) is 29.6 Å². The number of carbonyl (C=O) groups is 3. The van der Waals surface area contributed by atoms with Crippen LogP contribution in [0.15, 0.2) is 24.3 Å². The lowest BCUT2D eigenvalue weighted by atomic mass is 9.75. The maximum atomic E-state index is 13.3. The molecule has 0 unspecified atom stereocenters. The molecule has 0 saturated carbocycles. The van der Waals surface area contributed by atoms with Crippen LogP contribution in [-0.4, -0.2) is 78.0 Å². The average Bonchev–Trinajstić information content (AvgIpc) is 3.25. The third kappa shape index (κ3) is 7.12. The predicted octanol–water partition coefficient (Wildman–Crippen LogP) is 3.20. The van der Waals surface area contributed by atoms with Crippen molar-refractivity contribution in [2.45, 2.75) is 72.4 Å². The Labute approximate surface area is 237 Å². The molecule has 1 fully saturated rings. The smallest absolute Gasteiger partial charge is 0.268 e. The van der Waals surface area contributed by atoms with Crippen molar-refractivity contribution in [2.75, 3.05) is 44.2 Å². The summed E-state index contributed by atoms with van der Waals surface area (Å²) in [6, 6.07) is 7.56. The number of aromatic amines is 1. The second kappa shape index (κ2) is 13.0. The molecule has 2 amide bonds. The number of Topliss-reactive ketones (excluding diaryl/α,β-unsaturated/α-hetero) is 1. The minimum absolute atomic E-state index is 0.0642. The number of rotatable bonds is 11. The van der Waals surface area contributed by atoms with E-state index >= 15 is 0 Å². The van der Waals surface area contributed by atoms with Crippen LogP contribution in [0.5, 0.6) is 0 Å². The zero-order valence-electron chi connectivity index (χ0n) is 24.4. The summed E-state index contributed by atoms with van der Waals surface area (Å²) < 4.78 is 0. The van der Waals surface area contributed by atoms with Crippen LogP contribution >= 0.6 is 0 Å². The zero-order chi connectivity index (χ0) is 28.9. The highest BCUT2D eigenvalue weighted by Gasteiger charge is 2.35. The third-order valence-electron chi connectivity index (χ3n) is 8.15. The van der Waals surface area contributed by atoms with Crippen LogP contribution in [0, 0.1) is 12.3 Å². The number of nitrogens with one attached hydrogen (secondary N) is 3. The molecular formula is C31H45N5O4. The number of piperazine rings is 1. The quantitative estimate of drug-likeness (QED) is 0.341. The fraction of sp³-hybridized carbons (Fsp3) is 0.581. The molecule has 218 valence electrons. The lowest BCUT2D eigenvalue weighted by Gasteiger charge is -2.35. The maximum absolute atomic E-state index is 13.3. The monoisotopic (exact) mass is 551 g/mol. The van der Waals surface area contributed by atoms with E-state index in [0.29, 0.717) is 42.6 Å². The van der Waals surface area contributed by atoms with Crippen LogP contribution < -0.4 is 15.5 Å². The summed E-state index contributed by atoms with van der Waals surface area (Å²) in [7, 11) is 0. The van der Waals surface area contributed by atoms with Gasteiger partial charge in [0.15, 0.2) is 5.78 Å². The van der Waals surface area contributed by atoms with Gasteiger partial charge in [-0.2, -0.15) is 0 Å². The van der Waals surface area contributed by atoms with Gasteiger partial charge in [0.25, 0.3) is 5.91 Å². The van der Waals surface area contributed by atoms with Crippen molar-refractivity contribution < 1.29 is 19.5 Å². The minimum Gasteiger partial charge on any atom is -0.395 e. The SMILES string of the molecule is CCCC[C@H](NC(=O)c1[nH]c2c(c1C)C(=O)CC(C)(C)C2)C(=O)NCc1ccc(N2CCN(CCO)CC2)cc1. The lowest BCUT2D eigenvalue weighted by molar-refractivity contribution is -0.123. The predicted molar refractivity (Wildman–Crippen MR) is 157 cm³/mol. The van der Waals surface area contributed by atoms with Gasteiger partial charge in [-0.15, -0.1) is 0 Å². The summed E-state index contributed by atoms with van der Waals surface area (Å²) in [5, 5.41) is 15.1. The number of aliphatic hydroxyl groups is 1. The molecule has 1 aromatic carbocycles. The number of nitrogens with zero attached hydrogens (tertiary/aromatic N) is 2. The number of aliphatic hydroxyl groups excluding tert-OH is 1. The molecule has 1 aromatic heterocycles. The highest BCUT2D eigenvalue weighted by Crippen LogP contribution is 2.36. The van der Waals surface area contributed by atoms with Crippen molar-refractivity contribution >= 4 is 23.3 Å². The molecule has 1 saturated heterocycles. The molecule has 1 atom stereocenters. The Morgan fingerprint density at radius 2 is 1.80 bits per heavy atom. The highest BCUT2D eigenvalue weighted by molar-refractivity contribution is 6.05. The van der Waals surface area contributed by atoms with Gasteiger partial charge >= 0.3 is 0 Å². The molecule has 2 heterocycles. The number of aromatic nitrogens is 1. The Kier molecular flexibility index (Phi) is 9.68. The summed E-state index contributed by atoms with van der Waals surface area (Å²) in [6.07, 6.45) is 3.44. The largest absolute Gasteiger partial charge is 0.395 e. The van der Waals surface area contributed by atoms with Gasteiger partial charge in [-0.1, -0.05) is 45.7 Å². The number of β-amino-alcohol motifs (C(OH)–C–C–N with tert-alkyl or cyclic N) is 1. The maximum Gasteiger partial charge on any atom is 0.268 e. The topological polar surface area (TPSA) is 118 Å².